The summed E-state index contributed by atoms with van der Waals surface area (Å²) in [6, 6.07) is 12.5. The Morgan fingerprint density at radius 1 is 1.14 bits per heavy atom. The lowest BCUT2D eigenvalue weighted by molar-refractivity contribution is 0.415. The molecule has 0 radical (unpaired) electrons. The lowest BCUT2D eigenvalue weighted by atomic mass is 10.2. The van der Waals surface area contributed by atoms with E-state index < -0.39 is 0 Å². The maximum atomic E-state index is 5.91. The van der Waals surface area contributed by atoms with E-state index in [1.54, 1.807) is 25.3 Å². The molecule has 2 N–H and O–H groups in total. The van der Waals surface area contributed by atoms with E-state index in [-0.39, 0.29) is 0 Å². The predicted octanol–water partition coefficient (Wildman–Crippen LogP) is 3.65. The number of methoxy groups -OCH3 is 1. The summed E-state index contributed by atoms with van der Waals surface area (Å²) in [6.45, 7) is 0. The maximum absolute atomic E-state index is 5.91. The Morgan fingerprint density at radius 2 is 1.90 bits per heavy atom. The van der Waals surface area contributed by atoms with Gasteiger partial charge in [-0.2, -0.15) is 4.98 Å². The van der Waals surface area contributed by atoms with Crippen LogP contribution in [0, 0.1) is 0 Å². The fraction of sp³-hybridized carbons (Fsp3) is 0.0667. The first-order valence-electron chi connectivity index (χ1n) is 6.21. The molecule has 0 saturated carbocycles. The fourth-order valence-electron chi connectivity index (χ4n) is 1.92. The molecule has 0 aliphatic carbocycles. The molecule has 3 rings (SSSR count). The van der Waals surface area contributed by atoms with Gasteiger partial charge >= 0.3 is 0 Å². The summed E-state index contributed by atoms with van der Waals surface area (Å²) >= 11 is 5.88. The summed E-state index contributed by atoms with van der Waals surface area (Å²) < 4.78 is 10.4. The Balaban J connectivity index is 1.95. The molecule has 0 spiro atoms. The zero-order valence-corrected chi connectivity index (χ0v) is 12.0. The van der Waals surface area contributed by atoms with Crippen molar-refractivity contribution < 1.29 is 9.26 Å². The van der Waals surface area contributed by atoms with Crippen LogP contribution in [0.15, 0.2) is 47.0 Å². The second kappa shape index (κ2) is 5.46. The molecule has 1 heterocycles. The molecule has 0 unspecified atom stereocenters. The van der Waals surface area contributed by atoms with Gasteiger partial charge in [0.25, 0.3) is 5.89 Å². The quantitative estimate of drug-likeness (QED) is 0.747. The summed E-state index contributed by atoms with van der Waals surface area (Å²) in [5.74, 6) is 1.61. The van der Waals surface area contributed by atoms with Crippen molar-refractivity contribution >= 4 is 17.3 Å². The standard InChI is InChI=1S/C15H12ClN3O2/c1-20-11-5-2-9(3-6-11)14-18-15(21-19-14)12-7-4-10(16)8-13(12)17/h2-8H,17H2,1H3. The van der Waals surface area contributed by atoms with Crippen LogP contribution in [-0.4, -0.2) is 17.3 Å². The van der Waals surface area contributed by atoms with Crippen LogP contribution >= 0.6 is 11.6 Å². The molecule has 1 aromatic heterocycles. The van der Waals surface area contributed by atoms with Gasteiger partial charge in [-0.05, 0) is 42.5 Å². The Hall–Kier alpha value is -2.53. The number of aromatic nitrogens is 2. The van der Waals surface area contributed by atoms with Crippen LogP contribution in [0.5, 0.6) is 5.75 Å². The molecule has 0 aliphatic rings. The van der Waals surface area contributed by atoms with Crippen molar-refractivity contribution in [3.63, 3.8) is 0 Å². The Morgan fingerprint density at radius 3 is 2.57 bits per heavy atom. The third kappa shape index (κ3) is 2.68. The van der Waals surface area contributed by atoms with Gasteiger partial charge < -0.3 is 15.0 Å². The molecule has 5 nitrogen and oxygen atoms in total. The van der Waals surface area contributed by atoms with Crippen molar-refractivity contribution in [1.82, 2.24) is 10.1 Å². The number of rotatable bonds is 3. The maximum Gasteiger partial charge on any atom is 0.260 e. The number of anilines is 1. The molecule has 0 aliphatic heterocycles. The summed E-state index contributed by atoms with van der Waals surface area (Å²) in [4.78, 5) is 4.36. The molecule has 3 aromatic rings. The van der Waals surface area contributed by atoms with Crippen LogP contribution in [0.4, 0.5) is 5.69 Å². The summed E-state index contributed by atoms with van der Waals surface area (Å²) in [5, 5.41) is 4.53. The normalized spacial score (nSPS) is 10.6. The number of nitrogens with two attached hydrogens (primary N) is 1. The number of halogens is 1. The molecule has 2 aromatic carbocycles. The van der Waals surface area contributed by atoms with Crippen LogP contribution in [0.1, 0.15) is 0 Å². The summed E-state index contributed by atoms with van der Waals surface area (Å²) in [6.07, 6.45) is 0. The number of hydrogen-bond donors (Lipinski definition) is 1. The van der Waals surface area contributed by atoms with Gasteiger partial charge in [0.15, 0.2) is 0 Å². The van der Waals surface area contributed by atoms with Crippen molar-refractivity contribution in [2.24, 2.45) is 0 Å². The van der Waals surface area contributed by atoms with E-state index in [0.717, 1.165) is 11.3 Å². The van der Waals surface area contributed by atoms with Crippen molar-refractivity contribution in [2.45, 2.75) is 0 Å². The van der Waals surface area contributed by atoms with Crippen LogP contribution in [0.2, 0.25) is 5.02 Å². The SMILES string of the molecule is COc1ccc(-c2noc(-c3ccc(Cl)cc3N)n2)cc1. The van der Waals surface area contributed by atoms with Crippen molar-refractivity contribution in [1.29, 1.82) is 0 Å². The number of benzene rings is 2. The highest BCUT2D eigenvalue weighted by Crippen LogP contribution is 2.29. The van der Waals surface area contributed by atoms with Crippen molar-refractivity contribution in [3.8, 4) is 28.6 Å². The Kier molecular flexibility index (Phi) is 3.50. The fourth-order valence-corrected chi connectivity index (χ4v) is 2.10. The highest BCUT2D eigenvalue weighted by atomic mass is 35.5. The number of nitrogen functional groups attached to an aromatic ring is 1. The molecule has 0 saturated heterocycles. The largest absolute Gasteiger partial charge is 0.497 e. The highest BCUT2D eigenvalue weighted by molar-refractivity contribution is 6.31. The average molecular weight is 302 g/mol. The average Bonchev–Trinajstić information content (AvgIpc) is 2.97. The number of nitrogens with zero attached hydrogens (tertiary/aromatic N) is 2. The van der Waals surface area contributed by atoms with Crippen LogP contribution in [-0.2, 0) is 0 Å². The zero-order valence-electron chi connectivity index (χ0n) is 11.2. The molecule has 106 valence electrons. The minimum absolute atomic E-state index is 0.356. The molecule has 6 heteroatoms. The van der Waals surface area contributed by atoms with Gasteiger partial charge in [0, 0.05) is 16.3 Å². The van der Waals surface area contributed by atoms with Crippen LogP contribution < -0.4 is 10.5 Å². The van der Waals surface area contributed by atoms with Gasteiger partial charge in [-0.1, -0.05) is 16.8 Å². The van der Waals surface area contributed by atoms with E-state index in [4.69, 9.17) is 26.6 Å². The first-order chi connectivity index (χ1) is 10.2. The van der Waals surface area contributed by atoms with Gasteiger partial charge in [0.2, 0.25) is 5.82 Å². The second-order valence-corrected chi connectivity index (χ2v) is 4.82. The van der Waals surface area contributed by atoms with Gasteiger partial charge in [-0.15, -0.1) is 0 Å². The Bertz CT molecular complexity index is 769. The lowest BCUT2D eigenvalue weighted by Gasteiger charge is -2.00. The third-order valence-electron chi connectivity index (χ3n) is 3.02. The summed E-state index contributed by atoms with van der Waals surface area (Å²) in [7, 11) is 1.62. The smallest absolute Gasteiger partial charge is 0.260 e. The second-order valence-electron chi connectivity index (χ2n) is 4.38. The van der Waals surface area contributed by atoms with E-state index in [2.05, 4.69) is 10.1 Å². The minimum Gasteiger partial charge on any atom is -0.497 e. The van der Waals surface area contributed by atoms with Crippen LogP contribution in [0.3, 0.4) is 0 Å². The molecular weight excluding hydrogens is 290 g/mol. The number of hydrogen-bond acceptors (Lipinski definition) is 5. The van der Waals surface area contributed by atoms with Gasteiger partial charge in [0.1, 0.15) is 5.75 Å². The van der Waals surface area contributed by atoms with Gasteiger partial charge in [-0.3, -0.25) is 0 Å². The lowest BCUT2D eigenvalue weighted by Crippen LogP contribution is -1.90. The van der Waals surface area contributed by atoms with Gasteiger partial charge in [-0.25, -0.2) is 0 Å². The topological polar surface area (TPSA) is 74.2 Å². The molecular formula is C15H12ClN3O2. The van der Waals surface area contributed by atoms with E-state index in [1.165, 1.54) is 0 Å². The third-order valence-corrected chi connectivity index (χ3v) is 3.25. The van der Waals surface area contributed by atoms with E-state index in [1.807, 2.05) is 24.3 Å². The predicted molar refractivity (Wildman–Crippen MR) is 81.1 cm³/mol. The van der Waals surface area contributed by atoms with Crippen molar-refractivity contribution in [2.75, 3.05) is 12.8 Å². The zero-order chi connectivity index (χ0) is 14.8. The van der Waals surface area contributed by atoms with Gasteiger partial charge in [0.05, 0.1) is 12.7 Å². The Labute approximate surface area is 126 Å². The summed E-state index contributed by atoms with van der Waals surface area (Å²) in [5.41, 5.74) is 7.89. The van der Waals surface area contributed by atoms with E-state index in [0.29, 0.717) is 28.0 Å². The van der Waals surface area contributed by atoms with Crippen molar-refractivity contribution in [3.05, 3.63) is 47.5 Å². The minimum atomic E-state index is 0.356. The van der Waals surface area contributed by atoms with E-state index in [9.17, 15) is 0 Å². The molecule has 0 amide bonds. The molecule has 21 heavy (non-hydrogen) atoms. The molecule has 0 bridgehead atoms. The number of ether oxygens (including phenoxy) is 1. The first-order valence-corrected chi connectivity index (χ1v) is 6.58. The van der Waals surface area contributed by atoms with E-state index >= 15 is 0 Å². The highest BCUT2D eigenvalue weighted by Gasteiger charge is 2.13. The van der Waals surface area contributed by atoms with Crippen LogP contribution in [0.25, 0.3) is 22.8 Å². The molecule has 0 fully saturated rings. The monoisotopic (exact) mass is 301 g/mol. The first kappa shape index (κ1) is 13.5. The molecule has 0 atom stereocenters.